The summed E-state index contributed by atoms with van der Waals surface area (Å²) in [5.74, 6) is 0. The second kappa shape index (κ2) is 4.17. The normalized spacial score (nSPS) is 16.6. The fourth-order valence-electron chi connectivity index (χ4n) is 3.27. The van der Waals surface area contributed by atoms with E-state index in [1.54, 1.807) is 0 Å². The van der Waals surface area contributed by atoms with Gasteiger partial charge in [-0.3, -0.25) is 4.98 Å². The van der Waals surface area contributed by atoms with Gasteiger partial charge in [0.2, 0.25) is 0 Å². The third kappa shape index (κ3) is 1.63. The van der Waals surface area contributed by atoms with Gasteiger partial charge in [0.05, 0.1) is 22.7 Å². The molecule has 0 amide bonds. The Hall–Kier alpha value is -1.68. The van der Waals surface area contributed by atoms with Gasteiger partial charge in [-0.15, -0.1) is 0 Å². The average Bonchev–Trinajstić information content (AvgIpc) is 3.04. The number of nitrogens with one attached hydrogen (secondary N) is 1. The zero-order chi connectivity index (χ0) is 12.8. The van der Waals surface area contributed by atoms with Crippen LogP contribution in [0.5, 0.6) is 0 Å². The van der Waals surface area contributed by atoms with E-state index in [-0.39, 0.29) is 0 Å². The van der Waals surface area contributed by atoms with Gasteiger partial charge in [-0.05, 0) is 31.1 Å². The van der Waals surface area contributed by atoms with E-state index >= 15 is 0 Å². The van der Waals surface area contributed by atoms with Crippen LogP contribution in [-0.4, -0.2) is 14.5 Å². The maximum atomic E-state index is 5.53. The van der Waals surface area contributed by atoms with Crippen molar-refractivity contribution in [3.63, 3.8) is 0 Å². The van der Waals surface area contributed by atoms with E-state index in [9.17, 15) is 0 Å². The molecule has 2 aromatic heterocycles. The van der Waals surface area contributed by atoms with Crippen LogP contribution >= 0.6 is 12.2 Å². The molecule has 1 aliphatic carbocycles. The Morgan fingerprint density at radius 1 is 1.21 bits per heavy atom. The SMILES string of the molecule is S=c1[nH]c2cnc3ccccc3c2n1C1CCCC1. The zero-order valence-electron chi connectivity index (χ0n) is 10.6. The molecule has 4 rings (SSSR count). The number of nitrogens with zero attached hydrogens (tertiary/aromatic N) is 2. The van der Waals surface area contributed by atoms with Gasteiger partial charge in [0, 0.05) is 11.4 Å². The van der Waals surface area contributed by atoms with Gasteiger partial charge in [0.15, 0.2) is 4.77 Å². The predicted molar refractivity (Wildman–Crippen MR) is 79.9 cm³/mol. The first-order chi connectivity index (χ1) is 9.34. The van der Waals surface area contributed by atoms with Gasteiger partial charge in [-0.25, -0.2) is 0 Å². The second-order valence-electron chi connectivity index (χ2n) is 5.28. The third-order valence-corrected chi connectivity index (χ3v) is 4.44. The predicted octanol–water partition coefficient (Wildman–Crippen LogP) is 4.36. The number of hydrogen-bond acceptors (Lipinski definition) is 2. The summed E-state index contributed by atoms with van der Waals surface area (Å²) in [4.78, 5) is 7.81. The molecule has 96 valence electrons. The molecule has 4 heteroatoms. The topological polar surface area (TPSA) is 33.6 Å². The zero-order valence-corrected chi connectivity index (χ0v) is 11.4. The molecule has 0 saturated heterocycles. The van der Waals surface area contributed by atoms with Crippen LogP contribution in [0, 0.1) is 4.77 Å². The summed E-state index contributed by atoms with van der Waals surface area (Å²) >= 11 is 5.53. The maximum absolute atomic E-state index is 5.53. The summed E-state index contributed by atoms with van der Waals surface area (Å²) in [6.07, 6.45) is 6.99. The Labute approximate surface area is 116 Å². The highest BCUT2D eigenvalue weighted by molar-refractivity contribution is 7.71. The number of hydrogen-bond donors (Lipinski definition) is 1. The number of imidazole rings is 1. The van der Waals surface area contributed by atoms with Crippen molar-refractivity contribution in [2.45, 2.75) is 31.7 Å². The van der Waals surface area contributed by atoms with Crippen molar-refractivity contribution in [1.29, 1.82) is 0 Å². The standard InChI is InChI=1S/C15H15N3S/c19-15-17-13-9-16-12-8-4-3-7-11(12)14(13)18(15)10-5-1-2-6-10/h3-4,7-10H,1-2,5-6H2,(H,17,19). The largest absolute Gasteiger partial charge is 0.329 e. The lowest BCUT2D eigenvalue weighted by Crippen LogP contribution is -2.04. The lowest BCUT2D eigenvalue weighted by Gasteiger charge is -2.13. The van der Waals surface area contributed by atoms with Crippen LogP contribution in [0.1, 0.15) is 31.7 Å². The number of pyridine rings is 1. The Morgan fingerprint density at radius 2 is 2.00 bits per heavy atom. The highest BCUT2D eigenvalue weighted by Crippen LogP contribution is 2.34. The fourth-order valence-corrected chi connectivity index (χ4v) is 3.62. The fraction of sp³-hybridized carbons (Fsp3) is 0.333. The lowest BCUT2D eigenvalue weighted by molar-refractivity contribution is 0.527. The Kier molecular flexibility index (Phi) is 2.45. The van der Waals surface area contributed by atoms with Gasteiger partial charge in [-0.2, -0.15) is 0 Å². The summed E-state index contributed by atoms with van der Waals surface area (Å²) in [7, 11) is 0. The van der Waals surface area contributed by atoms with Gasteiger partial charge in [-0.1, -0.05) is 31.0 Å². The molecule has 0 radical (unpaired) electrons. The number of fused-ring (bicyclic) bond motifs is 3. The van der Waals surface area contributed by atoms with Crippen LogP contribution in [0.2, 0.25) is 0 Å². The molecule has 0 unspecified atom stereocenters. The smallest absolute Gasteiger partial charge is 0.178 e. The minimum atomic E-state index is 0.548. The highest BCUT2D eigenvalue weighted by Gasteiger charge is 2.21. The molecule has 1 N–H and O–H groups in total. The maximum Gasteiger partial charge on any atom is 0.178 e. The second-order valence-corrected chi connectivity index (χ2v) is 5.66. The number of rotatable bonds is 1. The van der Waals surface area contributed by atoms with E-state index < -0.39 is 0 Å². The Bertz CT molecular complexity index is 809. The molecule has 0 aliphatic heterocycles. The molecule has 1 aromatic carbocycles. The molecule has 0 bridgehead atoms. The monoisotopic (exact) mass is 269 g/mol. The van der Waals surface area contributed by atoms with Crippen molar-refractivity contribution in [3.05, 3.63) is 35.2 Å². The first kappa shape index (κ1) is 11.2. The summed E-state index contributed by atoms with van der Waals surface area (Å²) in [5.41, 5.74) is 3.31. The Morgan fingerprint density at radius 3 is 2.84 bits per heavy atom. The molecule has 3 aromatic rings. The first-order valence-electron chi connectivity index (χ1n) is 6.82. The highest BCUT2D eigenvalue weighted by atomic mass is 32.1. The molecule has 1 saturated carbocycles. The molecule has 0 spiro atoms. The quantitative estimate of drug-likeness (QED) is 0.666. The number of H-pyrrole nitrogens is 1. The van der Waals surface area contributed by atoms with E-state index in [0.29, 0.717) is 6.04 Å². The van der Waals surface area contributed by atoms with Gasteiger partial charge in [0.1, 0.15) is 0 Å². The van der Waals surface area contributed by atoms with Crippen molar-refractivity contribution in [1.82, 2.24) is 14.5 Å². The summed E-state index contributed by atoms with van der Waals surface area (Å²) in [6, 6.07) is 8.84. The van der Waals surface area contributed by atoms with Crippen molar-refractivity contribution >= 4 is 34.2 Å². The molecular weight excluding hydrogens is 254 g/mol. The molecular formula is C15H15N3S. The van der Waals surface area contributed by atoms with Gasteiger partial charge in [0.25, 0.3) is 0 Å². The van der Waals surface area contributed by atoms with Crippen LogP contribution in [-0.2, 0) is 0 Å². The van der Waals surface area contributed by atoms with Gasteiger partial charge >= 0.3 is 0 Å². The molecule has 0 atom stereocenters. The number of aromatic nitrogens is 3. The van der Waals surface area contributed by atoms with E-state index in [1.165, 1.54) is 36.6 Å². The van der Waals surface area contributed by atoms with Crippen LogP contribution in [0.3, 0.4) is 0 Å². The summed E-state index contributed by atoms with van der Waals surface area (Å²) < 4.78 is 3.15. The number of para-hydroxylation sites is 1. The lowest BCUT2D eigenvalue weighted by atomic mass is 10.1. The van der Waals surface area contributed by atoms with Crippen LogP contribution in [0.4, 0.5) is 0 Å². The minimum Gasteiger partial charge on any atom is -0.329 e. The third-order valence-electron chi connectivity index (χ3n) is 4.14. The van der Waals surface area contributed by atoms with Crippen molar-refractivity contribution in [2.75, 3.05) is 0 Å². The van der Waals surface area contributed by atoms with Crippen molar-refractivity contribution in [2.24, 2.45) is 0 Å². The van der Waals surface area contributed by atoms with Crippen LogP contribution in [0.15, 0.2) is 30.5 Å². The first-order valence-corrected chi connectivity index (χ1v) is 7.23. The minimum absolute atomic E-state index is 0.548. The molecule has 3 nitrogen and oxygen atoms in total. The van der Waals surface area contributed by atoms with Crippen LogP contribution in [0.25, 0.3) is 21.9 Å². The Balaban J connectivity index is 2.13. The van der Waals surface area contributed by atoms with E-state index in [4.69, 9.17) is 12.2 Å². The van der Waals surface area contributed by atoms with Crippen LogP contribution < -0.4 is 0 Å². The van der Waals surface area contributed by atoms with E-state index in [0.717, 1.165) is 15.8 Å². The van der Waals surface area contributed by atoms with E-state index in [2.05, 4.69) is 32.7 Å². The molecule has 2 heterocycles. The molecule has 19 heavy (non-hydrogen) atoms. The van der Waals surface area contributed by atoms with Crippen molar-refractivity contribution < 1.29 is 0 Å². The summed E-state index contributed by atoms with van der Waals surface area (Å²) in [5, 5.41) is 1.19. The molecule has 1 aliphatic rings. The number of aromatic amines is 1. The summed E-state index contributed by atoms with van der Waals surface area (Å²) in [6.45, 7) is 0. The number of benzene rings is 1. The van der Waals surface area contributed by atoms with E-state index in [1.807, 2.05) is 12.3 Å². The van der Waals surface area contributed by atoms with Crippen molar-refractivity contribution in [3.8, 4) is 0 Å². The average molecular weight is 269 g/mol. The molecule has 1 fully saturated rings. The van der Waals surface area contributed by atoms with Gasteiger partial charge < -0.3 is 9.55 Å².